The summed E-state index contributed by atoms with van der Waals surface area (Å²) in [6.45, 7) is 1.90. The van der Waals surface area contributed by atoms with Crippen LogP contribution in [-0.4, -0.2) is 36.1 Å². The van der Waals surface area contributed by atoms with Gasteiger partial charge in [0.15, 0.2) is 0 Å². The average molecular weight is 417 g/mol. The van der Waals surface area contributed by atoms with Crippen molar-refractivity contribution >= 4 is 29.2 Å². The SMILES string of the molecule is CNC(=O)c1cc(O[C@H]2CC[C@@H](NC(=O)Nc3ccc(Cl)c(C)c3)CC2)ccn1. The third kappa shape index (κ3) is 5.84. The molecule has 7 nitrogen and oxygen atoms in total. The number of nitrogens with one attached hydrogen (secondary N) is 3. The fraction of sp³-hybridized carbons (Fsp3) is 0.381. The lowest BCUT2D eigenvalue weighted by Gasteiger charge is -2.29. The quantitative estimate of drug-likeness (QED) is 0.688. The highest BCUT2D eigenvalue weighted by Gasteiger charge is 2.24. The van der Waals surface area contributed by atoms with E-state index in [0.29, 0.717) is 22.2 Å². The number of urea groups is 1. The summed E-state index contributed by atoms with van der Waals surface area (Å²) in [6.07, 6.45) is 4.91. The molecule has 1 aromatic heterocycles. The highest BCUT2D eigenvalue weighted by molar-refractivity contribution is 6.31. The number of carbonyl (C=O) groups excluding carboxylic acids is 2. The van der Waals surface area contributed by atoms with E-state index in [0.717, 1.165) is 31.2 Å². The van der Waals surface area contributed by atoms with Crippen molar-refractivity contribution in [2.24, 2.45) is 0 Å². The molecule has 0 aliphatic heterocycles. The molecule has 1 heterocycles. The van der Waals surface area contributed by atoms with E-state index in [1.807, 2.05) is 13.0 Å². The monoisotopic (exact) mass is 416 g/mol. The maximum absolute atomic E-state index is 12.2. The van der Waals surface area contributed by atoms with Crippen LogP contribution in [0.25, 0.3) is 0 Å². The largest absolute Gasteiger partial charge is 0.490 e. The number of amides is 3. The van der Waals surface area contributed by atoms with Crippen LogP contribution >= 0.6 is 11.6 Å². The first-order chi connectivity index (χ1) is 13.9. The van der Waals surface area contributed by atoms with Crippen LogP contribution < -0.4 is 20.7 Å². The molecule has 0 unspecified atom stereocenters. The molecule has 3 N–H and O–H groups in total. The van der Waals surface area contributed by atoms with E-state index in [1.165, 1.54) is 0 Å². The number of pyridine rings is 1. The van der Waals surface area contributed by atoms with Crippen molar-refractivity contribution in [1.82, 2.24) is 15.6 Å². The van der Waals surface area contributed by atoms with Gasteiger partial charge in [-0.05, 0) is 62.4 Å². The van der Waals surface area contributed by atoms with Crippen molar-refractivity contribution in [3.05, 3.63) is 52.8 Å². The normalized spacial score (nSPS) is 18.6. The number of benzene rings is 1. The molecule has 3 rings (SSSR count). The number of nitrogens with zero attached hydrogens (tertiary/aromatic N) is 1. The number of aromatic nitrogens is 1. The second-order valence-electron chi connectivity index (χ2n) is 7.11. The van der Waals surface area contributed by atoms with Gasteiger partial charge in [0.05, 0.1) is 6.10 Å². The molecule has 0 spiro atoms. The lowest BCUT2D eigenvalue weighted by Crippen LogP contribution is -2.41. The van der Waals surface area contributed by atoms with Gasteiger partial charge in [0, 0.05) is 36.1 Å². The minimum Gasteiger partial charge on any atom is -0.490 e. The first-order valence-electron chi connectivity index (χ1n) is 9.63. The van der Waals surface area contributed by atoms with E-state index in [-0.39, 0.29) is 24.1 Å². The Morgan fingerprint density at radius 2 is 1.90 bits per heavy atom. The lowest BCUT2D eigenvalue weighted by molar-refractivity contribution is 0.0956. The summed E-state index contributed by atoms with van der Waals surface area (Å²) in [5, 5.41) is 9.08. The summed E-state index contributed by atoms with van der Waals surface area (Å²) >= 11 is 6.01. The molecular weight excluding hydrogens is 392 g/mol. The van der Waals surface area contributed by atoms with E-state index >= 15 is 0 Å². The predicted octanol–water partition coefficient (Wildman–Crippen LogP) is 3.91. The highest BCUT2D eigenvalue weighted by Crippen LogP contribution is 2.24. The summed E-state index contributed by atoms with van der Waals surface area (Å²) in [7, 11) is 1.57. The third-order valence-electron chi connectivity index (χ3n) is 4.92. The van der Waals surface area contributed by atoms with E-state index in [9.17, 15) is 9.59 Å². The summed E-state index contributed by atoms with van der Waals surface area (Å²) in [6, 6.07) is 8.66. The molecule has 2 aromatic rings. The number of ether oxygens (including phenoxy) is 1. The maximum Gasteiger partial charge on any atom is 0.319 e. The van der Waals surface area contributed by atoms with Crippen molar-refractivity contribution in [3.8, 4) is 5.75 Å². The molecule has 1 aromatic carbocycles. The van der Waals surface area contributed by atoms with Gasteiger partial charge < -0.3 is 20.7 Å². The van der Waals surface area contributed by atoms with Gasteiger partial charge in [-0.3, -0.25) is 9.78 Å². The molecular formula is C21H25ClN4O3. The van der Waals surface area contributed by atoms with Gasteiger partial charge >= 0.3 is 6.03 Å². The van der Waals surface area contributed by atoms with Crippen molar-refractivity contribution < 1.29 is 14.3 Å². The molecule has 0 atom stereocenters. The minimum absolute atomic E-state index is 0.0509. The van der Waals surface area contributed by atoms with Crippen molar-refractivity contribution in [3.63, 3.8) is 0 Å². The van der Waals surface area contributed by atoms with Gasteiger partial charge in [0.25, 0.3) is 5.91 Å². The van der Waals surface area contributed by atoms with Crippen LogP contribution in [0.15, 0.2) is 36.5 Å². The van der Waals surface area contributed by atoms with Crippen molar-refractivity contribution in [1.29, 1.82) is 0 Å². The standard InChI is InChI=1S/C21H25ClN4O3/c1-13-11-15(5-8-18(13)22)26-21(28)25-14-3-6-16(7-4-14)29-17-9-10-24-19(12-17)20(27)23-2/h5,8-12,14,16H,3-4,6-7H2,1-2H3,(H,23,27)(H2,25,26,28)/t14-,16+. The Morgan fingerprint density at radius 1 is 1.14 bits per heavy atom. The predicted molar refractivity (Wildman–Crippen MR) is 113 cm³/mol. The smallest absolute Gasteiger partial charge is 0.319 e. The fourth-order valence-corrected chi connectivity index (χ4v) is 3.45. The number of rotatable bonds is 5. The van der Waals surface area contributed by atoms with Gasteiger partial charge in [-0.15, -0.1) is 0 Å². The van der Waals surface area contributed by atoms with Gasteiger partial charge in [-0.2, -0.15) is 0 Å². The Kier molecular flexibility index (Phi) is 6.93. The number of anilines is 1. The maximum atomic E-state index is 12.2. The molecule has 0 saturated heterocycles. The van der Waals surface area contributed by atoms with Crippen LogP contribution in [0.3, 0.4) is 0 Å². The summed E-state index contributed by atoms with van der Waals surface area (Å²) < 4.78 is 6.00. The van der Waals surface area contributed by atoms with Gasteiger partial charge in [0.1, 0.15) is 11.4 Å². The Morgan fingerprint density at radius 3 is 2.59 bits per heavy atom. The topological polar surface area (TPSA) is 92.4 Å². The van der Waals surface area contributed by atoms with Crippen molar-refractivity contribution in [2.75, 3.05) is 12.4 Å². The Balaban J connectivity index is 1.46. The zero-order valence-electron chi connectivity index (χ0n) is 16.5. The first kappa shape index (κ1) is 20.9. The van der Waals surface area contributed by atoms with Crippen LogP contribution in [-0.2, 0) is 0 Å². The molecule has 0 radical (unpaired) electrons. The fourth-order valence-electron chi connectivity index (χ4n) is 3.33. The number of hydrogen-bond acceptors (Lipinski definition) is 4. The zero-order chi connectivity index (χ0) is 20.8. The molecule has 1 aliphatic carbocycles. The Bertz CT molecular complexity index is 882. The molecule has 154 valence electrons. The highest BCUT2D eigenvalue weighted by atomic mass is 35.5. The van der Waals surface area contributed by atoms with E-state index < -0.39 is 0 Å². The average Bonchev–Trinajstić information content (AvgIpc) is 2.72. The van der Waals surface area contributed by atoms with Crippen LogP contribution in [0, 0.1) is 6.92 Å². The van der Waals surface area contributed by atoms with E-state index in [2.05, 4.69) is 20.9 Å². The number of carbonyl (C=O) groups is 2. The van der Waals surface area contributed by atoms with Gasteiger partial charge in [0.2, 0.25) is 0 Å². The van der Waals surface area contributed by atoms with Crippen LogP contribution in [0.1, 0.15) is 41.7 Å². The third-order valence-corrected chi connectivity index (χ3v) is 5.34. The van der Waals surface area contributed by atoms with Crippen LogP contribution in [0.4, 0.5) is 10.5 Å². The molecule has 29 heavy (non-hydrogen) atoms. The minimum atomic E-state index is -0.245. The molecule has 1 fully saturated rings. The Labute approximate surface area is 175 Å². The summed E-state index contributed by atoms with van der Waals surface area (Å²) in [5.74, 6) is 0.385. The summed E-state index contributed by atoms with van der Waals surface area (Å²) in [4.78, 5) is 28.0. The number of aryl methyl sites for hydroxylation is 1. The van der Waals surface area contributed by atoms with Gasteiger partial charge in [-0.1, -0.05) is 11.6 Å². The van der Waals surface area contributed by atoms with Crippen molar-refractivity contribution in [2.45, 2.75) is 44.8 Å². The molecule has 3 amide bonds. The number of hydrogen-bond donors (Lipinski definition) is 3. The van der Waals surface area contributed by atoms with Crippen LogP contribution in [0.5, 0.6) is 5.75 Å². The Hall–Kier alpha value is -2.80. The molecule has 8 heteroatoms. The summed E-state index contributed by atoms with van der Waals surface area (Å²) in [5.41, 5.74) is 1.96. The zero-order valence-corrected chi connectivity index (χ0v) is 17.3. The van der Waals surface area contributed by atoms with Crippen LogP contribution in [0.2, 0.25) is 5.02 Å². The van der Waals surface area contributed by atoms with Gasteiger partial charge in [-0.25, -0.2) is 4.79 Å². The van der Waals surface area contributed by atoms with E-state index in [4.69, 9.17) is 16.3 Å². The van der Waals surface area contributed by atoms with E-state index in [1.54, 1.807) is 37.5 Å². The molecule has 1 saturated carbocycles. The molecule has 0 bridgehead atoms. The number of halogens is 1. The first-order valence-corrected chi connectivity index (χ1v) is 10.0. The second kappa shape index (κ2) is 9.60. The second-order valence-corrected chi connectivity index (χ2v) is 7.52. The molecule has 1 aliphatic rings. The lowest BCUT2D eigenvalue weighted by atomic mass is 9.93.